The van der Waals surface area contributed by atoms with Crippen molar-refractivity contribution >= 4 is 17.6 Å². The van der Waals surface area contributed by atoms with Crippen molar-refractivity contribution in [1.82, 2.24) is 19.7 Å². The minimum Gasteiger partial charge on any atom is -0.493 e. The van der Waals surface area contributed by atoms with Crippen molar-refractivity contribution in [2.24, 2.45) is 5.73 Å². The highest BCUT2D eigenvalue weighted by molar-refractivity contribution is 5.95. The fourth-order valence-electron chi connectivity index (χ4n) is 3.95. The van der Waals surface area contributed by atoms with Crippen molar-refractivity contribution in [3.05, 3.63) is 52.5 Å². The summed E-state index contributed by atoms with van der Waals surface area (Å²) in [5.41, 5.74) is 9.29. The SMILES string of the molecule is COc1cc(C2CC(=O)Nc3c2c(C)nn3-c2nc(C)cc(C)n2)ccc1OCC(N)=O. The lowest BCUT2D eigenvalue weighted by molar-refractivity contribution is -0.120. The molecule has 1 aliphatic rings. The highest BCUT2D eigenvalue weighted by Gasteiger charge is 2.33. The molecule has 1 aromatic carbocycles. The van der Waals surface area contributed by atoms with E-state index in [-0.39, 0.29) is 24.9 Å². The summed E-state index contributed by atoms with van der Waals surface area (Å²) in [7, 11) is 1.51. The van der Waals surface area contributed by atoms with E-state index in [2.05, 4.69) is 20.4 Å². The number of primary amides is 1. The number of methoxy groups -OCH3 is 1. The maximum absolute atomic E-state index is 12.6. The van der Waals surface area contributed by atoms with Gasteiger partial charge in [-0.15, -0.1) is 0 Å². The Kier molecular flexibility index (Phi) is 5.52. The van der Waals surface area contributed by atoms with E-state index in [0.717, 1.165) is 28.2 Å². The van der Waals surface area contributed by atoms with E-state index in [1.807, 2.05) is 32.9 Å². The first kappa shape index (κ1) is 21.3. The standard InChI is InChI=1S/C22H24N6O4/c1-11-7-12(2)25-22(24-11)28-21-20(13(3)27-28)15(9-19(30)26-21)14-5-6-16(17(8-14)31-4)32-10-18(23)29/h5-8,15H,9-10H2,1-4H3,(H2,23,29)(H,26,30). The molecule has 3 aromatic rings. The maximum Gasteiger partial charge on any atom is 0.255 e. The lowest BCUT2D eigenvalue weighted by atomic mass is 9.85. The van der Waals surface area contributed by atoms with Crippen molar-refractivity contribution in [1.29, 1.82) is 0 Å². The Morgan fingerprint density at radius 3 is 2.56 bits per heavy atom. The van der Waals surface area contributed by atoms with Gasteiger partial charge in [0.1, 0.15) is 5.82 Å². The predicted molar refractivity (Wildman–Crippen MR) is 116 cm³/mol. The van der Waals surface area contributed by atoms with Crippen LogP contribution in [0.3, 0.4) is 0 Å². The van der Waals surface area contributed by atoms with Crippen LogP contribution in [0, 0.1) is 20.8 Å². The second-order valence-electron chi connectivity index (χ2n) is 7.68. The average Bonchev–Trinajstić information content (AvgIpc) is 3.07. The number of amides is 2. The number of ether oxygens (including phenoxy) is 2. The van der Waals surface area contributed by atoms with Crippen LogP contribution < -0.4 is 20.5 Å². The number of nitrogens with one attached hydrogen (secondary N) is 1. The van der Waals surface area contributed by atoms with Gasteiger partial charge in [0.05, 0.1) is 12.8 Å². The minimum absolute atomic E-state index is 0.138. The zero-order valence-electron chi connectivity index (χ0n) is 18.3. The minimum atomic E-state index is -0.582. The lowest BCUT2D eigenvalue weighted by Gasteiger charge is -2.25. The molecule has 0 radical (unpaired) electrons. The highest BCUT2D eigenvalue weighted by Crippen LogP contribution is 2.42. The topological polar surface area (TPSA) is 134 Å². The predicted octanol–water partition coefficient (Wildman–Crippen LogP) is 1.93. The van der Waals surface area contributed by atoms with E-state index in [0.29, 0.717) is 23.3 Å². The summed E-state index contributed by atoms with van der Waals surface area (Å²) in [6, 6.07) is 7.22. The van der Waals surface area contributed by atoms with Crippen molar-refractivity contribution in [2.75, 3.05) is 19.0 Å². The van der Waals surface area contributed by atoms with Gasteiger partial charge in [-0.2, -0.15) is 9.78 Å². The van der Waals surface area contributed by atoms with Crippen LogP contribution in [0.15, 0.2) is 24.3 Å². The first-order valence-corrected chi connectivity index (χ1v) is 10.1. The molecular weight excluding hydrogens is 412 g/mol. The smallest absolute Gasteiger partial charge is 0.255 e. The number of anilines is 1. The van der Waals surface area contributed by atoms with Crippen LogP contribution in [0.4, 0.5) is 5.82 Å². The largest absolute Gasteiger partial charge is 0.493 e. The molecule has 3 heterocycles. The molecule has 3 N–H and O–H groups in total. The van der Waals surface area contributed by atoms with Gasteiger partial charge in [0.25, 0.3) is 11.9 Å². The molecule has 10 nitrogen and oxygen atoms in total. The Morgan fingerprint density at radius 1 is 1.19 bits per heavy atom. The van der Waals surface area contributed by atoms with Crippen LogP contribution in [0.25, 0.3) is 5.95 Å². The fraction of sp³-hybridized carbons (Fsp3) is 0.318. The molecular formula is C22H24N6O4. The summed E-state index contributed by atoms with van der Waals surface area (Å²) in [6.45, 7) is 5.41. The molecule has 32 heavy (non-hydrogen) atoms. The van der Waals surface area contributed by atoms with Gasteiger partial charge in [-0.25, -0.2) is 9.97 Å². The van der Waals surface area contributed by atoms with Gasteiger partial charge in [-0.1, -0.05) is 6.07 Å². The van der Waals surface area contributed by atoms with Gasteiger partial charge in [0.2, 0.25) is 5.91 Å². The Morgan fingerprint density at radius 2 is 1.91 bits per heavy atom. The van der Waals surface area contributed by atoms with Crippen LogP contribution in [0.2, 0.25) is 0 Å². The zero-order valence-corrected chi connectivity index (χ0v) is 18.3. The molecule has 0 saturated carbocycles. The molecule has 0 spiro atoms. The number of carbonyl (C=O) groups is 2. The van der Waals surface area contributed by atoms with Crippen molar-refractivity contribution in [3.8, 4) is 17.4 Å². The van der Waals surface area contributed by atoms with Crippen LogP contribution in [-0.4, -0.2) is 45.3 Å². The lowest BCUT2D eigenvalue weighted by Crippen LogP contribution is -2.25. The third-order valence-electron chi connectivity index (χ3n) is 5.22. The number of fused-ring (bicyclic) bond motifs is 1. The Balaban J connectivity index is 1.78. The number of hydrogen-bond donors (Lipinski definition) is 2. The molecule has 10 heteroatoms. The molecule has 1 atom stereocenters. The molecule has 0 saturated heterocycles. The number of nitrogens with zero attached hydrogens (tertiary/aromatic N) is 4. The van der Waals surface area contributed by atoms with E-state index < -0.39 is 5.91 Å². The first-order valence-electron chi connectivity index (χ1n) is 10.1. The van der Waals surface area contributed by atoms with Crippen LogP contribution in [0.5, 0.6) is 11.5 Å². The molecule has 4 rings (SSSR count). The van der Waals surface area contributed by atoms with E-state index in [1.165, 1.54) is 7.11 Å². The Hall–Kier alpha value is -3.95. The fourth-order valence-corrected chi connectivity index (χ4v) is 3.95. The molecule has 2 aromatic heterocycles. The van der Waals surface area contributed by atoms with Crippen LogP contribution in [-0.2, 0) is 9.59 Å². The van der Waals surface area contributed by atoms with Crippen LogP contribution in [0.1, 0.15) is 40.5 Å². The molecule has 0 bridgehead atoms. The molecule has 1 aliphatic heterocycles. The van der Waals surface area contributed by atoms with Crippen molar-refractivity contribution in [2.45, 2.75) is 33.1 Å². The number of aromatic nitrogens is 4. The van der Waals surface area contributed by atoms with Gasteiger partial charge >= 0.3 is 0 Å². The summed E-state index contributed by atoms with van der Waals surface area (Å²) in [6.07, 6.45) is 0.248. The van der Waals surface area contributed by atoms with E-state index >= 15 is 0 Å². The van der Waals surface area contributed by atoms with Gasteiger partial charge in [-0.3, -0.25) is 9.59 Å². The first-order chi connectivity index (χ1) is 15.3. The monoisotopic (exact) mass is 436 g/mol. The zero-order chi connectivity index (χ0) is 23.0. The summed E-state index contributed by atoms with van der Waals surface area (Å²) in [5, 5.41) is 7.57. The van der Waals surface area contributed by atoms with E-state index in [1.54, 1.807) is 16.8 Å². The van der Waals surface area contributed by atoms with E-state index in [9.17, 15) is 9.59 Å². The van der Waals surface area contributed by atoms with Gasteiger partial charge in [0, 0.05) is 29.3 Å². The number of benzene rings is 1. The second kappa shape index (κ2) is 8.29. The van der Waals surface area contributed by atoms with Crippen LogP contribution >= 0.6 is 0 Å². The normalized spacial score (nSPS) is 15.1. The number of nitrogens with two attached hydrogens (primary N) is 1. The number of hydrogen-bond acceptors (Lipinski definition) is 7. The van der Waals surface area contributed by atoms with Crippen molar-refractivity contribution in [3.63, 3.8) is 0 Å². The molecule has 1 unspecified atom stereocenters. The molecule has 0 fully saturated rings. The highest BCUT2D eigenvalue weighted by atomic mass is 16.5. The summed E-state index contributed by atoms with van der Waals surface area (Å²) in [5.74, 6) is 0.827. The van der Waals surface area contributed by atoms with E-state index in [4.69, 9.17) is 15.2 Å². The van der Waals surface area contributed by atoms with Gasteiger partial charge < -0.3 is 20.5 Å². The van der Waals surface area contributed by atoms with Gasteiger partial charge in [-0.05, 0) is 44.5 Å². The molecule has 166 valence electrons. The number of carbonyl (C=O) groups excluding carboxylic acids is 2. The quantitative estimate of drug-likeness (QED) is 0.603. The third-order valence-corrected chi connectivity index (χ3v) is 5.22. The summed E-state index contributed by atoms with van der Waals surface area (Å²) >= 11 is 0. The molecule has 2 amide bonds. The Labute approximate surface area is 184 Å². The second-order valence-corrected chi connectivity index (χ2v) is 7.68. The average molecular weight is 436 g/mol. The Bertz CT molecular complexity index is 1200. The maximum atomic E-state index is 12.6. The summed E-state index contributed by atoms with van der Waals surface area (Å²) < 4.78 is 12.4. The molecule has 0 aliphatic carbocycles. The van der Waals surface area contributed by atoms with Crippen molar-refractivity contribution < 1.29 is 19.1 Å². The van der Waals surface area contributed by atoms with Gasteiger partial charge in [0.15, 0.2) is 18.1 Å². The summed E-state index contributed by atoms with van der Waals surface area (Å²) in [4.78, 5) is 32.7. The third kappa shape index (κ3) is 3.98. The number of rotatable bonds is 6. The number of aryl methyl sites for hydroxylation is 3.